The van der Waals surface area contributed by atoms with Gasteiger partial charge in [0.1, 0.15) is 6.04 Å². The first-order chi connectivity index (χ1) is 15.2. The summed E-state index contributed by atoms with van der Waals surface area (Å²) < 4.78 is 0. The molecule has 0 spiro atoms. The van der Waals surface area contributed by atoms with Gasteiger partial charge in [-0.1, -0.05) is 54.6 Å². The molecule has 6 heteroatoms. The second-order valence-corrected chi connectivity index (χ2v) is 8.23. The Bertz CT molecular complexity index is 1190. The molecule has 1 fully saturated rings. The van der Waals surface area contributed by atoms with Gasteiger partial charge in [0.25, 0.3) is 0 Å². The minimum Gasteiger partial charge on any atom is -0.354 e. The third-order valence-corrected chi connectivity index (χ3v) is 5.92. The molecule has 0 unspecified atom stereocenters. The van der Waals surface area contributed by atoms with Crippen molar-refractivity contribution in [2.45, 2.75) is 19.5 Å². The number of hydrogen-bond donors (Lipinski definition) is 2. The van der Waals surface area contributed by atoms with E-state index in [4.69, 9.17) is 9.97 Å². The van der Waals surface area contributed by atoms with E-state index in [1.54, 1.807) is 0 Å². The number of nitrogens with zero attached hydrogens (tertiary/aromatic N) is 4. The van der Waals surface area contributed by atoms with Crippen LogP contribution in [-0.2, 0) is 6.54 Å². The number of nitrogens with two attached hydrogens (primary N) is 1. The second kappa shape index (κ2) is 8.41. The van der Waals surface area contributed by atoms with Crippen molar-refractivity contribution in [3.63, 3.8) is 0 Å². The molecule has 1 aliphatic heterocycles. The lowest BCUT2D eigenvalue weighted by atomic mass is 9.98. The molecule has 5 rings (SSSR count). The lowest BCUT2D eigenvalue weighted by Gasteiger charge is -2.29. The molecule has 5 N–H and O–H groups in total. The normalized spacial score (nSPS) is 16.6. The van der Waals surface area contributed by atoms with Gasteiger partial charge in [-0.05, 0) is 18.6 Å². The molecule has 0 amide bonds. The van der Waals surface area contributed by atoms with E-state index in [-0.39, 0.29) is 0 Å². The summed E-state index contributed by atoms with van der Waals surface area (Å²) in [6, 6.07) is 21.6. The first kappa shape index (κ1) is 19.6. The Labute approximate surface area is 182 Å². The topological polar surface area (TPSA) is 86.2 Å². The van der Waals surface area contributed by atoms with Crippen molar-refractivity contribution in [2.75, 3.05) is 24.5 Å². The van der Waals surface area contributed by atoms with E-state index in [1.165, 1.54) is 5.56 Å². The molecule has 2 aromatic carbocycles. The van der Waals surface area contributed by atoms with Crippen molar-refractivity contribution in [3.05, 3.63) is 72.4 Å². The summed E-state index contributed by atoms with van der Waals surface area (Å²) in [7, 11) is 0. The predicted octanol–water partition coefficient (Wildman–Crippen LogP) is 1.87. The van der Waals surface area contributed by atoms with Gasteiger partial charge in [-0.15, -0.1) is 0 Å². The Hall–Kier alpha value is -3.35. The zero-order chi connectivity index (χ0) is 21.2. The van der Waals surface area contributed by atoms with E-state index in [0.29, 0.717) is 6.04 Å². The lowest BCUT2D eigenvalue weighted by molar-refractivity contribution is -0.687. The molecule has 0 bridgehead atoms. The van der Waals surface area contributed by atoms with E-state index >= 15 is 0 Å². The molecule has 0 aliphatic carbocycles. The number of pyridine rings is 1. The predicted molar refractivity (Wildman–Crippen MR) is 123 cm³/mol. The quantitative estimate of drug-likeness (QED) is 0.536. The third-order valence-electron chi connectivity index (χ3n) is 5.92. The van der Waals surface area contributed by atoms with Crippen molar-refractivity contribution in [3.8, 4) is 22.4 Å². The zero-order valence-corrected chi connectivity index (χ0v) is 17.8. The minimum absolute atomic E-state index is 0.545. The number of piperazine rings is 1. The summed E-state index contributed by atoms with van der Waals surface area (Å²) in [5.41, 5.74) is 10.2. The third kappa shape index (κ3) is 4.00. The van der Waals surface area contributed by atoms with Crippen LogP contribution in [0.3, 0.4) is 0 Å². The van der Waals surface area contributed by atoms with E-state index in [0.717, 1.165) is 65.5 Å². The van der Waals surface area contributed by atoms with Crippen molar-refractivity contribution in [1.29, 1.82) is 0 Å². The fraction of sp³-hybridized carbons (Fsp3) is 0.240. The first-order valence-electron chi connectivity index (χ1n) is 10.9. The van der Waals surface area contributed by atoms with Crippen LogP contribution in [0.4, 0.5) is 5.95 Å². The van der Waals surface area contributed by atoms with Gasteiger partial charge in [0.05, 0.1) is 31.9 Å². The van der Waals surface area contributed by atoms with Gasteiger partial charge in [0.15, 0.2) is 5.65 Å². The number of anilines is 1. The van der Waals surface area contributed by atoms with E-state index in [1.807, 2.05) is 12.3 Å². The van der Waals surface area contributed by atoms with Crippen molar-refractivity contribution < 1.29 is 11.1 Å². The number of quaternary nitrogens is 2. The highest BCUT2D eigenvalue weighted by atomic mass is 15.3. The van der Waals surface area contributed by atoms with Crippen molar-refractivity contribution >= 4 is 17.0 Å². The maximum absolute atomic E-state index is 5.05. The van der Waals surface area contributed by atoms with Gasteiger partial charge in [-0.2, -0.15) is 4.98 Å². The molecular weight excluding hydrogens is 384 g/mol. The van der Waals surface area contributed by atoms with Gasteiger partial charge in [-0.25, -0.2) is 9.97 Å². The molecular formula is C25H28N6+2. The molecule has 31 heavy (non-hydrogen) atoms. The Morgan fingerprint density at radius 2 is 1.84 bits per heavy atom. The molecule has 0 radical (unpaired) electrons. The second-order valence-electron chi connectivity index (χ2n) is 8.23. The van der Waals surface area contributed by atoms with Gasteiger partial charge >= 0.3 is 0 Å². The van der Waals surface area contributed by atoms with Crippen LogP contribution in [0.25, 0.3) is 33.4 Å². The van der Waals surface area contributed by atoms with Gasteiger partial charge in [0, 0.05) is 28.3 Å². The van der Waals surface area contributed by atoms with Crippen LogP contribution in [-0.4, -0.2) is 40.6 Å². The summed E-state index contributed by atoms with van der Waals surface area (Å²) in [6.07, 6.45) is 1.91. The highest BCUT2D eigenvalue weighted by Crippen LogP contribution is 2.33. The fourth-order valence-corrected chi connectivity index (χ4v) is 4.20. The Morgan fingerprint density at radius 3 is 2.58 bits per heavy atom. The average Bonchev–Trinajstić information content (AvgIpc) is 2.83. The van der Waals surface area contributed by atoms with Crippen LogP contribution in [0.1, 0.15) is 12.5 Å². The van der Waals surface area contributed by atoms with Gasteiger partial charge < -0.3 is 16.0 Å². The number of aromatic nitrogens is 3. The van der Waals surface area contributed by atoms with Crippen LogP contribution in [0.2, 0.25) is 0 Å². The first-order valence-corrected chi connectivity index (χ1v) is 10.9. The summed E-state index contributed by atoms with van der Waals surface area (Å²) >= 11 is 0. The lowest BCUT2D eigenvalue weighted by Crippen LogP contribution is -2.94. The van der Waals surface area contributed by atoms with Crippen LogP contribution in [0.5, 0.6) is 0 Å². The molecule has 3 heterocycles. The van der Waals surface area contributed by atoms with Crippen molar-refractivity contribution in [1.82, 2.24) is 15.0 Å². The van der Waals surface area contributed by atoms with Crippen LogP contribution >= 0.6 is 0 Å². The number of fused-ring (bicyclic) bond motifs is 1. The highest BCUT2D eigenvalue weighted by Gasteiger charge is 2.21. The maximum Gasteiger partial charge on any atom is 0.227 e. The Morgan fingerprint density at radius 1 is 1.03 bits per heavy atom. The molecule has 0 saturated carbocycles. The largest absolute Gasteiger partial charge is 0.354 e. The van der Waals surface area contributed by atoms with Crippen LogP contribution in [0.15, 0.2) is 66.9 Å². The van der Waals surface area contributed by atoms with Crippen molar-refractivity contribution in [2.24, 2.45) is 0 Å². The smallest absolute Gasteiger partial charge is 0.227 e. The molecule has 156 valence electrons. The molecule has 6 nitrogen and oxygen atoms in total. The van der Waals surface area contributed by atoms with E-state index in [9.17, 15) is 0 Å². The SMILES string of the molecule is C[C@H]1CN(c2ncc3cc(-c4ccccc4)c(-c4ccc(C[NH3+])cc4)nc3n2)CC[NH2+]1. The molecule has 1 saturated heterocycles. The summed E-state index contributed by atoms with van der Waals surface area (Å²) in [4.78, 5) is 16.9. The highest BCUT2D eigenvalue weighted by molar-refractivity contribution is 5.90. The van der Waals surface area contributed by atoms with E-state index in [2.05, 4.69) is 82.5 Å². The van der Waals surface area contributed by atoms with Crippen LogP contribution in [0, 0.1) is 0 Å². The Balaban J connectivity index is 1.65. The molecule has 1 atom stereocenters. The molecule has 1 aliphatic rings. The summed E-state index contributed by atoms with van der Waals surface area (Å²) in [5, 5.41) is 3.33. The average molecular weight is 413 g/mol. The molecule has 2 aromatic heterocycles. The number of hydrogen-bond acceptors (Lipinski definition) is 4. The number of benzene rings is 2. The fourth-order valence-electron chi connectivity index (χ4n) is 4.20. The standard InChI is InChI=1S/C25H26N6/c1-17-16-31(12-11-27-17)25-28-15-21-13-22(19-5-3-2-4-6-19)23(29-24(21)30-25)20-9-7-18(14-26)8-10-20/h2-10,13,15,17,27H,11-12,14,16,26H2,1H3/p+2/t17-/m0/s1. The monoisotopic (exact) mass is 412 g/mol. The maximum atomic E-state index is 5.05. The molecule has 4 aromatic rings. The van der Waals surface area contributed by atoms with Gasteiger partial charge in [-0.3, -0.25) is 0 Å². The summed E-state index contributed by atoms with van der Waals surface area (Å²) in [6.45, 7) is 5.99. The number of rotatable bonds is 4. The summed E-state index contributed by atoms with van der Waals surface area (Å²) in [5.74, 6) is 0.769. The Kier molecular flexibility index (Phi) is 5.32. The van der Waals surface area contributed by atoms with Gasteiger partial charge in [0.2, 0.25) is 5.95 Å². The van der Waals surface area contributed by atoms with Crippen LogP contribution < -0.4 is 16.0 Å². The minimum atomic E-state index is 0.545. The zero-order valence-electron chi connectivity index (χ0n) is 17.8. The van der Waals surface area contributed by atoms with E-state index < -0.39 is 0 Å².